The van der Waals surface area contributed by atoms with Gasteiger partial charge in [-0.15, -0.1) is 0 Å². The number of ether oxygens (including phenoxy) is 2. The molecule has 4 aliphatic rings. The molecule has 4 fully saturated rings. The molecule has 4 aliphatic heterocycles. The van der Waals surface area contributed by atoms with Gasteiger partial charge in [-0.1, -0.05) is 33.8 Å². The van der Waals surface area contributed by atoms with Gasteiger partial charge in [0.1, 0.15) is 52.7 Å². The molecule has 0 aliphatic carbocycles. The Kier molecular flexibility index (Phi) is 15.5. The zero-order valence-corrected chi connectivity index (χ0v) is 44.8. The number of hydrogen-bond acceptors (Lipinski definition) is 10. The number of likely N-dealkylation sites (tertiary alicyclic amines) is 2. The van der Waals surface area contributed by atoms with Gasteiger partial charge in [0.05, 0.1) is 60.5 Å². The van der Waals surface area contributed by atoms with Crippen LogP contribution in [0.4, 0.5) is 47.3 Å². The molecule has 6 atom stereocenters. The average Bonchev–Trinajstić information content (AvgIpc) is 4.49. The molecule has 0 unspecified atom stereocenters. The van der Waals surface area contributed by atoms with Crippen molar-refractivity contribution in [2.45, 2.75) is 121 Å². The van der Waals surface area contributed by atoms with Gasteiger partial charge in [-0.3, -0.25) is 9.59 Å². The van der Waals surface area contributed by atoms with Gasteiger partial charge < -0.3 is 49.7 Å². The molecule has 6 aromatic rings. The third kappa shape index (κ3) is 10.6. The van der Waals surface area contributed by atoms with Crippen molar-refractivity contribution in [3.63, 3.8) is 0 Å². The standard InChI is InChI=1S/C57H64F6N10O6/c1-28(2)49(68-56(76)78-5)54(74)71-17-7-9-47(71)52-64-41-24-34(37(60)26-43(41)66-52)45-13-14-46(73(45)32-22-39(62)51(40(63)23-32)70-19-15-30(16-20-70)33-12-11-31(58)21-36(33)59)35-25-42-44(27-38(35)61)67-53(65-42)48-10-8-18-72(48)55(75)50(29(3)4)69-57(77)79-6/h11-12,21-30,45-50H,7-10,13-20H2,1-6H3,(H,64,66)(H,65,67)(H,68,76)(H,69,77)/t45-,46-,47+,48+,49+,50+/m1/s1. The Morgan fingerprint density at radius 3 is 1.44 bits per heavy atom. The minimum Gasteiger partial charge on any atom is -0.453 e. The van der Waals surface area contributed by atoms with E-state index < -0.39 is 83.3 Å². The molecule has 4 aromatic carbocycles. The fourth-order valence-electron chi connectivity index (χ4n) is 12.4. The number of hydrogen-bond donors (Lipinski definition) is 4. The molecule has 4 N–H and O–H groups in total. The molecule has 420 valence electrons. The van der Waals surface area contributed by atoms with Gasteiger partial charge in [0.15, 0.2) is 11.6 Å². The molecule has 0 radical (unpaired) electrons. The number of alkyl carbamates (subject to hydrolysis) is 2. The number of piperidine rings is 1. The molecular formula is C57H64F6N10O6. The molecule has 4 saturated heterocycles. The molecule has 6 heterocycles. The van der Waals surface area contributed by atoms with E-state index in [4.69, 9.17) is 19.4 Å². The molecule has 0 spiro atoms. The largest absolute Gasteiger partial charge is 0.453 e. The highest BCUT2D eigenvalue weighted by atomic mass is 19.2. The Balaban J connectivity index is 0.994. The van der Waals surface area contributed by atoms with Crippen LogP contribution in [0.1, 0.15) is 137 Å². The summed E-state index contributed by atoms with van der Waals surface area (Å²) in [6, 6.07) is 6.78. The third-order valence-electron chi connectivity index (χ3n) is 16.3. The number of carbonyl (C=O) groups is 4. The van der Waals surface area contributed by atoms with Crippen LogP contribution in [0.3, 0.4) is 0 Å². The van der Waals surface area contributed by atoms with Gasteiger partial charge in [-0.25, -0.2) is 45.9 Å². The SMILES string of the molecule is COC(=O)N[C@H](C(=O)N1CCC[C@H]1c1nc2cc([C@H]3CC[C@H](c4cc5nc([C@@H]6CCCN6C(=O)[C@@H](NC(=O)OC)C(C)C)[nH]c5cc4F)N3c3cc(F)c(N4CCC(c5ccc(F)cc5F)CC4)c(F)c3)c(F)cc2[nH]1)C(C)C. The lowest BCUT2D eigenvalue weighted by molar-refractivity contribution is -0.136. The second-order valence-electron chi connectivity index (χ2n) is 21.8. The van der Waals surface area contributed by atoms with E-state index in [1.54, 1.807) is 31.7 Å². The summed E-state index contributed by atoms with van der Waals surface area (Å²) in [7, 11) is 2.43. The van der Waals surface area contributed by atoms with Crippen LogP contribution in [0.25, 0.3) is 22.1 Å². The topological polar surface area (TPSA) is 181 Å². The van der Waals surface area contributed by atoms with Gasteiger partial charge >= 0.3 is 12.2 Å². The predicted octanol–water partition coefficient (Wildman–Crippen LogP) is 10.8. The molecule has 10 rings (SSSR count). The number of aromatic nitrogens is 4. The van der Waals surface area contributed by atoms with Crippen LogP contribution in [-0.4, -0.2) is 106 Å². The number of rotatable bonds is 13. The Labute approximate surface area is 452 Å². The number of H-pyrrole nitrogens is 2. The van der Waals surface area contributed by atoms with E-state index in [1.807, 2.05) is 27.7 Å². The first-order valence-electron chi connectivity index (χ1n) is 27.0. The fraction of sp³-hybridized carbons (Fsp3) is 0.474. The summed E-state index contributed by atoms with van der Waals surface area (Å²) in [6.07, 6.45) is 1.96. The van der Waals surface area contributed by atoms with E-state index in [9.17, 15) is 28.0 Å². The highest BCUT2D eigenvalue weighted by molar-refractivity contribution is 5.88. The smallest absolute Gasteiger partial charge is 0.407 e. The third-order valence-corrected chi connectivity index (χ3v) is 16.3. The van der Waals surface area contributed by atoms with Gasteiger partial charge in [-0.2, -0.15) is 0 Å². The maximum atomic E-state index is 17.0. The first-order valence-corrected chi connectivity index (χ1v) is 27.0. The number of benzene rings is 4. The number of nitrogens with one attached hydrogen (secondary N) is 4. The Bertz CT molecular complexity index is 3130. The van der Waals surface area contributed by atoms with E-state index in [-0.39, 0.29) is 78.0 Å². The number of fused-ring (bicyclic) bond motifs is 2. The maximum absolute atomic E-state index is 17.0. The number of halogens is 6. The summed E-state index contributed by atoms with van der Waals surface area (Å²) in [5.41, 5.74) is 1.69. The number of imidazole rings is 2. The van der Waals surface area contributed by atoms with Gasteiger partial charge in [0.25, 0.3) is 0 Å². The van der Waals surface area contributed by atoms with Crippen molar-refractivity contribution in [3.8, 4) is 0 Å². The van der Waals surface area contributed by atoms with Gasteiger partial charge in [0.2, 0.25) is 11.8 Å². The van der Waals surface area contributed by atoms with Gasteiger partial charge in [0, 0.05) is 49.1 Å². The molecule has 16 nitrogen and oxygen atoms in total. The minimum atomic E-state index is -0.920. The number of aromatic amines is 2. The molecule has 22 heteroatoms. The Hall–Kier alpha value is -7.52. The second-order valence-corrected chi connectivity index (χ2v) is 21.8. The molecule has 4 amide bonds. The lowest BCUT2D eigenvalue weighted by Gasteiger charge is -2.36. The van der Waals surface area contributed by atoms with Crippen LogP contribution in [0.5, 0.6) is 0 Å². The molecular weight excluding hydrogens is 1030 g/mol. The highest BCUT2D eigenvalue weighted by Crippen LogP contribution is 2.50. The molecule has 0 bridgehead atoms. The van der Waals surface area contributed by atoms with Crippen LogP contribution in [0.2, 0.25) is 0 Å². The summed E-state index contributed by atoms with van der Waals surface area (Å²) >= 11 is 0. The van der Waals surface area contributed by atoms with Crippen molar-refractivity contribution in [2.75, 3.05) is 50.2 Å². The fourth-order valence-corrected chi connectivity index (χ4v) is 12.4. The normalized spacial score (nSPS) is 20.7. The highest BCUT2D eigenvalue weighted by Gasteiger charge is 2.43. The quantitative estimate of drug-likeness (QED) is 0.0813. The summed E-state index contributed by atoms with van der Waals surface area (Å²) in [5.74, 6) is -5.23. The monoisotopic (exact) mass is 1100 g/mol. The average molecular weight is 1100 g/mol. The van der Waals surface area contributed by atoms with Crippen LogP contribution >= 0.6 is 0 Å². The van der Waals surface area contributed by atoms with E-state index >= 15 is 17.6 Å². The minimum absolute atomic E-state index is 0.0136. The zero-order valence-electron chi connectivity index (χ0n) is 44.8. The predicted molar refractivity (Wildman–Crippen MR) is 282 cm³/mol. The van der Waals surface area contributed by atoms with Crippen molar-refractivity contribution in [1.29, 1.82) is 0 Å². The second kappa shape index (κ2) is 22.3. The van der Waals surface area contributed by atoms with Crippen molar-refractivity contribution >= 4 is 57.4 Å². The number of amides is 4. The van der Waals surface area contributed by atoms with Crippen molar-refractivity contribution in [3.05, 3.63) is 118 Å². The lowest BCUT2D eigenvalue weighted by Crippen LogP contribution is -2.51. The van der Waals surface area contributed by atoms with E-state index in [0.29, 0.717) is 90.9 Å². The van der Waals surface area contributed by atoms with E-state index in [0.717, 1.165) is 18.2 Å². The number of carbonyl (C=O) groups excluding carboxylic acids is 4. The van der Waals surface area contributed by atoms with Crippen molar-refractivity contribution in [1.82, 2.24) is 40.4 Å². The van der Waals surface area contributed by atoms with E-state index in [2.05, 4.69) is 20.6 Å². The summed E-state index contributed by atoms with van der Waals surface area (Å²) in [6.45, 7) is 8.35. The summed E-state index contributed by atoms with van der Waals surface area (Å²) in [4.78, 5) is 75.0. The van der Waals surface area contributed by atoms with Crippen LogP contribution in [0, 0.1) is 46.7 Å². The lowest BCUT2D eigenvalue weighted by atomic mass is 9.89. The van der Waals surface area contributed by atoms with Crippen LogP contribution in [-0.2, 0) is 19.1 Å². The first kappa shape index (κ1) is 54.8. The summed E-state index contributed by atoms with van der Waals surface area (Å²) in [5, 5.41) is 5.27. The van der Waals surface area contributed by atoms with Crippen LogP contribution in [0.15, 0.2) is 54.6 Å². The zero-order chi connectivity index (χ0) is 56.1. The van der Waals surface area contributed by atoms with Crippen LogP contribution < -0.4 is 20.4 Å². The number of nitrogens with zero attached hydrogens (tertiary/aromatic N) is 6. The molecule has 2 aromatic heterocycles. The Morgan fingerprint density at radius 2 is 1.01 bits per heavy atom. The number of methoxy groups -OCH3 is 2. The molecule has 0 saturated carbocycles. The van der Waals surface area contributed by atoms with Crippen molar-refractivity contribution < 1.29 is 55.0 Å². The molecule has 79 heavy (non-hydrogen) atoms. The number of anilines is 2. The van der Waals surface area contributed by atoms with E-state index in [1.165, 1.54) is 38.5 Å². The van der Waals surface area contributed by atoms with Gasteiger partial charge in [-0.05, 0) is 117 Å². The first-order chi connectivity index (χ1) is 37.8. The Morgan fingerprint density at radius 1 is 0.557 bits per heavy atom. The summed E-state index contributed by atoms with van der Waals surface area (Å²) < 4.78 is 106. The van der Waals surface area contributed by atoms with Crippen molar-refractivity contribution in [2.24, 2.45) is 11.8 Å². The maximum Gasteiger partial charge on any atom is 0.407 e.